The van der Waals surface area contributed by atoms with Gasteiger partial charge in [-0.3, -0.25) is 28.8 Å². The Labute approximate surface area is 432 Å². The van der Waals surface area contributed by atoms with Crippen molar-refractivity contribution in [1.82, 2.24) is 0 Å². The molecule has 0 radical (unpaired) electrons. The number of rotatable bonds is 40. The molecule has 0 fully saturated rings. The van der Waals surface area contributed by atoms with Gasteiger partial charge in [0.25, 0.3) is 0 Å². The summed E-state index contributed by atoms with van der Waals surface area (Å²) in [6.45, 7) is 31.5. The highest BCUT2D eigenvalue weighted by Gasteiger charge is 2.45. The fourth-order valence-corrected chi connectivity index (χ4v) is 7.79. The third-order valence-corrected chi connectivity index (χ3v) is 14.1. The summed E-state index contributed by atoms with van der Waals surface area (Å²) in [6.07, 6.45) is 13.5. The van der Waals surface area contributed by atoms with E-state index in [2.05, 4.69) is 0 Å². The van der Waals surface area contributed by atoms with Gasteiger partial charge < -0.3 is 33.2 Å². The van der Waals surface area contributed by atoms with E-state index in [0.29, 0.717) is 38.5 Å². The summed E-state index contributed by atoms with van der Waals surface area (Å²) in [5, 5.41) is 0. The molecule has 0 saturated carbocycles. The van der Waals surface area contributed by atoms with Crippen molar-refractivity contribution in [3.8, 4) is 0 Å². The zero-order valence-corrected chi connectivity index (χ0v) is 48.7. The van der Waals surface area contributed by atoms with Crippen molar-refractivity contribution in [2.75, 3.05) is 52.9 Å². The summed E-state index contributed by atoms with van der Waals surface area (Å²) >= 11 is 0. The molecule has 0 aliphatic rings. The van der Waals surface area contributed by atoms with Crippen molar-refractivity contribution in [3.05, 3.63) is 0 Å². The molecule has 71 heavy (non-hydrogen) atoms. The molecule has 0 atom stereocenters. The second-order valence-electron chi connectivity index (χ2n) is 24.9. The number of esters is 6. The summed E-state index contributed by atoms with van der Waals surface area (Å²) in [6, 6.07) is 0. The molecule has 0 heterocycles. The highest BCUT2D eigenvalue weighted by molar-refractivity contribution is 5.78. The first-order valence-corrected chi connectivity index (χ1v) is 27.5. The van der Waals surface area contributed by atoms with Crippen LogP contribution in [0.2, 0.25) is 0 Å². The Morgan fingerprint density at radius 1 is 0.254 bits per heavy atom. The van der Waals surface area contributed by atoms with Crippen molar-refractivity contribution < 1.29 is 61.9 Å². The zero-order valence-electron chi connectivity index (χ0n) is 48.7. The molecule has 0 aromatic carbocycles. The first-order chi connectivity index (χ1) is 32.8. The van der Waals surface area contributed by atoms with Gasteiger partial charge in [-0.25, -0.2) is 0 Å². The minimum atomic E-state index is -1.45. The van der Waals surface area contributed by atoms with Crippen LogP contribution in [0.4, 0.5) is 0 Å². The molecule has 0 aliphatic carbocycles. The topological polar surface area (TPSA) is 167 Å². The molecule has 0 aromatic rings. The van der Waals surface area contributed by atoms with E-state index in [0.717, 1.165) is 77.0 Å². The summed E-state index contributed by atoms with van der Waals surface area (Å²) < 4.78 is 43.6. The summed E-state index contributed by atoms with van der Waals surface area (Å²) in [7, 11) is 0. The number of hydrogen-bond donors (Lipinski definition) is 0. The largest absolute Gasteiger partial charge is 0.464 e. The molecule has 0 unspecified atom stereocenters. The van der Waals surface area contributed by atoms with Gasteiger partial charge in [0.2, 0.25) is 0 Å². The molecule has 13 heteroatoms. The highest BCUT2D eigenvalue weighted by atomic mass is 16.6. The molecule has 0 aromatic heterocycles. The Bertz CT molecular complexity index is 1310. The molecule has 0 saturated heterocycles. The smallest absolute Gasteiger partial charge is 0.311 e. The van der Waals surface area contributed by atoms with Gasteiger partial charge in [-0.15, -0.1) is 0 Å². The Morgan fingerprint density at radius 3 is 0.521 bits per heavy atom. The molecule has 0 aliphatic heterocycles. The number of carbonyl (C=O) groups is 6. The lowest BCUT2D eigenvalue weighted by molar-refractivity contribution is -0.186. The molecule has 13 nitrogen and oxygen atoms in total. The fraction of sp³-hybridized carbons (Fsp3) is 0.897. The molecule has 0 amide bonds. The van der Waals surface area contributed by atoms with E-state index >= 15 is 0 Å². The monoisotopic (exact) mass is 1010 g/mol. The van der Waals surface area contributed by atoms with Gasteiger partial charge in [-0.2, -0.15) is 0 Å². The minimum Gasteiger partial charge on any atom is -0.464 e. The third kappa shape index (κ3) is 24.6. The first-order valence-electron chi connectivity index (χ1n) is 27.5. The van der Waals surface area contributed by atoms with Crippen LogP contribution in [0.3, 0.4) is 0 Å². The van der Waals surface area contributed by atoms with Crippen LogP contribution in [0.5, 0.6) is 0 Å². The maximum Gasteiger partial charge on any atom is 0.311 e. The normalized spacial score (nSPS) is 13.1. The summed E-state index contributed by atoms with van der Waals surface area (Å²) in [5.41, 5.74) is -8.03. The van der Waals surface area contributed by atoms with Crippen LogP contribution in [-0.2, 0) is 61.9 Å². The molecule has 0 rings (SSSR count). The highest BCUT2D eigenvalue weighted by Crippen LogP contribution is 2.35. The Morgan fingerprint density at radius 2 is 0.394 bits per heavy atom. The van der Waals surface area contributed by atoms with Crippen LogP contribution in [0.1, 0.15) is 240 Å². The number of hydrogen-bond acceptors (Lipinski definition) is 13. The van der Waals surface area contributed by atoms with Crippen LogP contribution in [-0.4, -0.2) is 88.7 Å². The molecule has 0 bridgehead atoms. The minimum absolute atomic E-state index is 0.301. The fourth-order valence-electron chi connectivity index (χ4n) is 7.79. The van der Waals surface area contributed by atoms with E-state index in [4.69, 9.17) is 33.2 Å². The number of unbranched alkanes of at least 4 members (excludes halogenated alkanes) is 6. The van der Waals surface area contributed by atoms with Crippen LogP contribution in [0, 0.1) is 43.3 Å². The van der Waals surface area contributed by atoms with E-state index in [1.54, 1.807) is 0 Å². The predicted octanol–water partition coefficient (Wildman–Crippen LogP) is 13.5. The molecular weight excluding hydrogens is 905 g/mol. The quantitative estimate of drug-likeness (QED) is 0.0420. The second-order valence-corrected chi connectivity index (χ2v) is 24.9. The van der Waals surface area contributed by atoms with Gasteiger partial charge in [0.05, 0.1) is 56.5 Å². The van der Waals surface area contributed by atoms with Crippen molar-refractivity contribution in [2.45, 2.75) is 240 Å². The van der Waals surface area contributed by atoms with Gasteiger partial charge >= 0.3 is 35.8 Å². The van der Waals surface area contributed by atoms with Gasteiger partial charge in [0.1, 0.15) is 39.6 Å². The maximum atomic E-state index is 13.9. The average Bonchev–Trinajstić information content (AvgIpc) is 3.32. The molecule has 0 N–H and O–H groups in total. The van der Waals surface area contributed by atoms with Gasteiger partial charge in [0.15, 0.2) is 0 Å². The van der Waals surface area contributed by atoms with E-state index in [9.17, 15) is 28.8 Å². The lowest BCUT2D eigenvalue weighted by Gasteiger charge is -2.38. The second kappa shape index (κ2) is 31.5. The van der Waals surface area contributed by atoms with Gasteiger partial charge in [-0.1, -0.05) is 119 Å². The summed E-state index contributed by atoms with van der Waals surface area (Å²) in [4.78, 5) is 83.7. The third-order valence-electron chi connectivity index (χ3n) is 14.1. The van der Waals surface area contributed by atoms with Crippen molar-refractivity contribution >= 4 is 35.8 Å². The maximum absolute atomic E-state index is 13.9. The first kappa shape index (κ1) is 67.8. The Hall–Kier alpha value is -3.22. The average molecular weight is 1010 g/mol. The number of ether oxygens (including phenoxy) is 7. The number of carbonyl (C=O) groups excluding carboxylic acids is 6. The summed E-state index contributed by atoms with van der Waals surface area (Å²) in [5.74, 6) is -2.82. The Kier molecular flexibility index (Phi) is 30.1. The lowest BCUT2D eigenvalue weighted by atomic mass is 9.85. The van der Waals surface area contributed by atoms with E-state index in [1.165, 1.54) is 0 Å². The lowest BCUT2D eigenvalue weighted by Crippen LogP contribution is -2.49. The van der Waals surface area contributed by atoms with Gasteiger partial charge in [-0.05, 0) is 122 Å². The zero-order chi connectivity index (χ0) is 54.8. The van der Waals surface area contributed by atoms with Crippen LogP contribution >= 0.6 is 0 Å². The van der Waals surface area contributed by atoms with Crippen molar-refractivity contribution in [3.63, 3.8) is 0 Å². The van der Waals surface area contributed by atoms with Crippen molar-refractivity contribution in [2.24, 2.45) is 43.3 Å². The van der Waals surface area contributed by atoms with E-state index < -0.39 is 79.1 Å². The molecule has 416 valence electrons. The molecular formula is C58H106O13. The van der Waals surface area contributed by atoms with Crippen LogP contribution in [0.25, 0.3) is 0 Å². The SMILES string of the molecule is CCCCC(C)(C)C(=O)OCC(COCC(COC(=O)C(C)(C)CCCC)(COC(=O)C(C)(C)CCCC)COC(=O)C(C)(C)CCCC)(COC(=O)C(C)(C)CCCC)COC(=O)C(C)(C)CCCC. The van der Waals surface area contributed by atoms with E-state index in [-0.39, 0.29) is 52.9 Å². The standard InChI is InChI=1S/C58H106O13/c1-19-25-31-51(7,8)45(59)66-39-57(40-67-46(60)52(9,10)32-26-20-2,41-68-47(61)53(11,12)33-27-21-3)37-65-38-58(42-69-48(62)54(13,14)34-28-22-4,43-70-49(63)55(15,16)35-29-23-5)44-71-50(64)56(17,18)36-30-24-6/h19-44H2,1-18H3. The predicted molar refractivity (Wildman–Crippen MR) is 281 cm³/mol. The van der Waals surface area contributed by atoms with Crippen LogP contribution < -0.4 is 0 Å². The van der Waals surface area contributed by atoms with Gasteiger partial charge in [0, 0.05) is 0 Å². The van der Waals surface area contributed by atoms with E-state index in [1.807, 2.05) is 125 Å². The van der Waals surface area contributed by atoms with Crippen molar-refractivity contribution in [1.29, 1.82) is 0 Å². The molecule has 0 spiro atoms. The van der Waals surface area contributed by atoms with Crippen LogP contribution in [0.15, 0.2) is 0 Å². The Balaban J connectivity index is 7.89.